The summed E-state index contributed by atoms with van der Waals surface area (Å²) in [5.74, 6) is 1.55. The molecule has 0 amide bonds. The van der Waals surface area contributed by atoms with E-state index in [0.717, 1.165) is 10.8 Å². The van der Waals surface area contributed by atoms with Crippen molar-refractivity contribution in [3.63, 3.8) is 0 Å². The average Bonchev–Trinajstić information content (AvgIpc) is 2.15. The Balaban J connectivity index is 2.82. The van der Waals surface area contributed by atoms with Gasteiger partial charge in [-0.2, -0.15) is 5.26 Å². The van der Waals surface area contributed by atoms with Crippen LogP contribution >= 0.6 is 11.8 Å². The highest BCUT2D eigenvalue weighted by Crippen LogP contribution is 2.23. The molecular weight excluding hydrogens is 194 g/mol. The number of aromatic nitrogens is 1. The van der Waals surface area contributed by atoms with E-state index >= 15 is 0 Å². The second-order valence-electron chi connectivity index (χ2n) is 3.44. The summed E-state index contributed by atoms with van der Waals surface area (Å²) in [5, 5.41) is 9.62. The van der Waals surface area contributed by atoms with Crippen molar-refractivity contribution in [3.05, 3.63) is 17.8 Å². The van der Waals surface area contributed by atoms with Crippen molar-refractivity contribution in [1.29, 1.82) is 5.26 Å². The molecule has 0 saturated carbocycles. The first-order valence-electron chi connectivity index (χ1n) is 4.42. The van der Waals surface area contributed by atoms with Crippen LogP contribution in [0.15, 0.2) is 17.3 Å². The van der Waals surface area contributed by atoms with Gasteiger partial charge in [0, 0.05) is 5.75 Å². The molecule has 0 aliphatic rings. The third-order valence-electron chi connectivity index (χ3n) is 1.55. The van der Waals surface area contributed by atoms with Gasteiger partial charge in [-0.3, -0.25) is 0 Å². The van der Waals surface area contributed by atoms with Crippen molar-refractivity contribution in [2.45, 2.75) is 18.9 Å². The van der Waals surface area contributed by atoms with Crippen molar-refractivity contribution in [3.8, 4) is 6.07 Å². The molecule has 0 atom stereocenters. The maximum absolute atomic E-state index is 8.85. The molecule has 1 rings (SSSR count). The van der Waals surface area contributed by atoms with Crippen LogP contribution in [0.5, 0.6) is 0 Å². The van der Waals surface area contributed by atoms with Crippen molar-refractivity contribution >= 4 is 17.4 Å². The van der Waals surface area contributed by atoms with Gasteiger partial charge in [0.2, 0.25) is 0 Å². The van der Waals surface area contributed by atoms with E-state index in [4.69, 9.17) is 11.0 Å². The minimum absolute atomic E-state index is 0.537. The normalized spacial score (nSPS) is 10.1. The minimum Gasteiger partial charge on any atom is -0.397 e. The molecule has 1 heterocycles. The molecule has 1 aromatic heterocycles. The number of thioether (sulfide) groups is 1. The molecule has 0 aliphatic heterocycles. The lowest BCUT2D eigenvalue weighted by atomic mass is 10.3. The Labute approximate surface area is 88.3 Å². The van der Waals surface area contributed by atoms with E-state index in [1.165, 1.54) is 0 Å². The first-order valence-corrected chi connectivity index (χ1v) is 5.40. The summed E-state index contributed by atoms with van der Waals surface area (Å²) < 4.78 is 0. The van der Waals surface area contributed by atoms with Crippen molar-refractivity contribution in [1.82, 2.24) is 4.98 Å². The number of rotatable bonds is 3. The second kappa shape index (κ2) is 4.87. The maximum atomic E-state index is 8.85. The zero-order valence-electron chi connectivity index (χ0n) is 8.32. The van der Waals surface area contributed by atoms with Crippen molar-refractivity contribution in [2.75, 3.05) is 11.5 Å². The smallest absolute Gasteiger partial charge is 0.114 e. The number of nitrogen functional groups attached to an aromatic ring is 1. The molecule has 2 N–H and O–H groups in total. The molecule has 4 heteroatoms. The second-order valence-corrected chi connectivity index (χ2v) is 4.45. The van der Waals surface area contributed by atoms with Gasteiger partial charge >= 0.3 is 0 Å². The van der Waals surface area contributed by atoms with Crippen molar-refractivity contribution < 1.29 is 0 Å². The highest BCUT2D eigenvalue weighted by molar-refractivity contribution is 7.99. The van der Waals surface area contributed by atoms with Gasteiger partial charge in [-0.15, -0.1) is 11.8 Å². The van der Waals surface area contributed by atoms with E-state index in [2.05, 4.69) is 24.9 Å². The van der Waals surface area contributed by atoms with Gasteiger partial charge in [-0.05, 0) is 12.0 Å². The fourth-order valence-corrected chi connectivity index (χ4v) is 1.79. The molecule has 74 valence electrons. The SMILES string of the molecule is CC(C)CSc1ncc(N)cc1C#N. The molecule has 3 nitrogen and oxygen atoms in total. The van der Waals surface area contributed by atoms with E-state index in [9.17, 15) is 0 Å². The van der Waals surface area contributed by atoms with Crippen LogP contribution in [0.4, 0.5) is 5.69 Å². The van der Waals surface area contributed by atoms with Crippen LogP contribution in [-0.4, -0.2) is 10.7 Å². The predicted octanol–water partition coefficient (Wildman–Crippen LogP) is 2.28. The zero-order valence-corrected chi connectivity index (χ0v) is 9.14. The Hall–Kier alpha value is -1.21. The summed E-state index contributed by atoms with van der Waals surface area (Å²) in [7, 11) is 0. The van der Waals surface area contributed by atoms with Crippen LogP contribution in [-0.2, 0) is 0 Å². The first kappa shape index (κ1) is 10.9. The molecule has 0 spiro atoms. The number of pyridine rings is 1. The van der Waals surface area contributed by atoms with E-state index < -0.39 is 0 Å². The largest absolute Gasteiger partial charge is 0.397 e. The number of hydrogen-bond donors (Lipinski definition) is 1. The lowest BCUT2D eigenvalue weighted by Gasteiger charge is -2.05. The van der Waals surface area contributed by atoms with E-state index in [-0.39, 0.29) is 0 Å². The molecule has 1 aromatic rings. The van der Waals surface area contributed by atoms with Gasteiger partial charge in [0.25, 0.3) is 0 Å². The Morgan fingerprint density at radius 1 is 1.64 bits per heavy atom. The fourth-order valence-electron chi connectivity index (χ4n) is 0.909. The lowest BCUT2D eigenvalue weighted by Crippen LogP contribution is -1.95. The number of anilines is 1. The Bertz CT molecular complexity index is 355. The first-order chi connectivity index (χ1) is 6.63. The minimum atomic E-state index is 0.537. The van der Waals surface area contributed by atoms with Gasteiger partial charge in [0.05, 0.1) is 17.4 Å². The van der Waals surface area contributed by atoms with Crippen molar-refractivity contribution in [2.24, 2.45) is 5.92 Å². The Morgan fingerprint density at radius 3 is 2.93 bits per heavy atom. The highest BCUT2D eigenvalue weighted by Gasteiger charge is 2.05. The summed E-state index contributed by atoms with van der Waals surface area (Å²) >= 11 is 1.60. The van der Waals surface area contributed by atoms with Crippen LogP contribution < -0.4 is 5.73 Å². The molecule has 0 aromatic carbocycles. The van der Waals surface area contributed by atoms with Crippen LogP contribution in [0.25, 0.3) is 0 Å². The monoisotopic (exact) mass is 207 g/mol. The average molecular weight is 207 g/mol. The Morgan fingerprint density at radius 2 is 2.36 bits per heavy atom. The summed E-state index contributed by atoms with van der Waals surface area (Å²) in [6, 6.07) is 3.76. The number of nitrogens with two attached hydrogens (primary N) is 1. The Kier molecular flexibility index (Phi) is 3.78. The third-order valence-corrected chi connectivity index (χ3v) is 2.98. The van der Waals surface area contributed by atoms with Gasteiger partial charge in [0.15, 0.2) is 0 Å². The molecule has 0 radical (unpaired) electrons. The molecule has 14 heavy (non-hydrogen) atoms. The van der Waals surface area contributed by atoms with Crippen LogP contribution in [0.2, 0.25) is 0 Å². The van der Waals surface area contributed by atoms with E-state index in [1.807, 2.05) is 0 Å². The zero-order chi connectivity index (χ0) is 10.6. The van der Waals surface area contributed by atoms with Crippen LogP contribution in [0.1, 0.15) is 19.4 Å². The molecule has 0 aliphatic carbocycles. The number of nitriles is 1. The van der Waals surface area contributed by atoms with Gasteiger partial charge in [0.1, 0.15) is 11.1 Å². The van der Waals surface area contributed by atoms with E-state index in [0.29, 0.717) is 17.2 Å². The predicted molar refractivity (Wildman–Crippen MR) is 58.9 cm³/mol. The van der Waals surface area contributed by atoms with Crippen LogP contribution in [0.3, 0.4) is 0 Å². The highest BCUT2D eigenvalue weighted by atomic mass is 32.2. The third kappa shape index (κ3) is 2.93. The van der Waals surface area contributed by atoms with Gasteiger partial charge in [-0.1, -0.05) is 13.8 Å². The summed E-state index contributed by atoms with van der Waals surface area (Å²) in [6.07, 6.45) is 1.59. The molecule has 0 fully saturated rings. The van der Waals surface area contributed by atoms with E-state index in [1.54, 1.807) is 24.0 Å². The standard InChI is InChI=1S/C10H13N3S/c1-7(2)6-14-10-8(4-11)3-9(12)5-13-10/h3,5,7H,6,12H2,1-2H3. The molecule has 0 saturated heterocycles. The summed E-state index contributed by atoms with van der Waals surface area (Å²) in [6.45, 7) is 4.27. The molecule has 0 unspecified atom stereocenters. The molecular formula is C10H13N3S. The summed E-state index contributed by atoms with van der Waals surface area (Å²) in [4.78, 5) is 4.14. The van der Waals surface area contributed by atoms with Gasteiger partial charge in [-0.25, -0.2) is 4.98 Å². The van der Waals surface area contributed by atoms with Crippen LogP contribution in [0, 0.1) is 17.2 Å². The molecule has 0 bridgehead atoms. The fraction of sp³-hybridized carbons (Fsp3) is 0.400. The topological polar surface area (TPSA) is 62.7 Å². The summed E-state index contributed by atoms with van der Waals surface area (Å²) in [5.41, 5.74) is 6.64. The maximum Gasteiger partial charge on any atom is 0.114 e. The number of hydrogen-bond acceptors (Lipinski definition) is 4. The quantitative estimate of drug-likeness (QED) is 0.772. The lowest BCUT2D eigenvalue weighted by molar-refractivity contribution is 0.749. The van der Waals surface area contributed by atoms with Gasteiger partial charge < -0.3 is 5.73 Å². The number of nitrogens with zero attached hydrogens (tertiary/aromatic N) is 2.